The molecule has 0 atom stereocenters. The van der Waals surface area contributed by atoms with Crippen LogP contribution in [0.15, 0.2) is 12.1 Å². The molecule has 0 aliphatic heterocycles. The van der Waals surface area contributed by atoms with Crippen molar-refractivity contribution in [3.05, 3.63) is 28.8 Å². The number of rotatable bonds is 11. The molecule has 1 rings (SSSR count). The number of unbranched alkanes of at least 4 members (excludes halogenated alkanes) is 9. The summed E-state index contributed by atoms with van der Waals surface area (Å²) < 4.78 is 0. The van der Waals surface area contributed by atoms with Gasteiger partial charge < -0.3 is 5.11 Å². The van der Waals surface area contributed by atoms with Gasteiger partial charge in [-0.3, -0.25) is 0 Å². The Hall–Kier alpha value is -0.980. The maximum Gasteiger partial charge on any atom is 0.119 e. The van der Waals surface area contributed by atoms with Crippen molar-refractivity contribution in [3.8, 4) is 5.75 Å². The number of benzene rings is 1. The standard InChI is InChI=1S/C26H46O/c1-8-9-10-11-12-13-14-15-16-17-18-21-19-23(26(5,6)7)24(27)20-22(21)25(2,3)4/h19-20,27H,8-18H2,1-7H3. The molecule has 1 aromatic rings. The summed E-state index contributed by atoms with van der Waals surface area (Å²) in [6.07, 6.45) is 14.9. The molecule has 0 fully saturated rings. The van der Waals surface area contributed by atoms with Gasteiger partial charge in [0.25, 0.3) is 0 Å². The summed E-state index contributed by atoms with van der Waals surface area (Å²) in [5.74, 6) is 0.458. The molecule has 0 spiro atoms. The van der Waals surface area contributed by atoms with Gasteiger partial charge in [0.2, 0.25) is 0 Å². The molecule has 0 saturated carbocycles. The van der Waals surface area contributed by atoms with Crippen molar-refractivity contribution in [1.29, 1.82) is 0 Å². The molecular weight excluding hydrogens is 328 g/mol. The first kappa shape index (κ1) is 24.1. The van der Waals surface area contributed by atoms with Gasteiger partial charge in [0.1, 0.15) is 5.75 Å². The van der Waals surface area contributed by atoms with Crippen LogP contribution in [0.5, 0.6) is 5.75 Å². The lowest BCUT2D eigenvalue weighted by atomic mass is 9.78. The summed E-state index contributed by atoms with van der Waals surface area (Å²) in [6.45, 7) is 15.6. The van der Waals surface area contributed by atoms with E-state index in [9.17, 15) is 5.11 Å². The van der Waals surface area contributed by atoms with Crippen molar-refractivity contribution >= 4 is 0 Å². The number of aryl methyl sites for hydroxylation is 1. The molecule has 156 valence electrons. The second-order valence-electron chi connectivity index (χ2n) is 10.5. The number of aromatic hydroxyl groups is 1. The molecule has 1 heteroatoms. The van der Waals surface area contributed by atoms with Crippen LogP contribution in [0.2, 0.25) is 0 Å². The molecule has 0 radical (unpaired) electrons. The predicted octanol–water partition coefficient (Wildman–Crippen LogP) is 8.45. The second kappa shape index (κ2) is 11.1. The second-order valence-corrected chi connectivity index (χ2v) is 10.5. The molecule has 1 nitrogen and oxygen atoms in total. The maximum absolute atomic E-state index is 10.6. The van der Waals surface area contributed by atoms with E-state index >= 15 is 0 Å². The SMILES string of the molecule is CCCCCCCCCCCCc1cc(C(C)(C)C)c(O)cc1C(C)(C)C. The first-order valence-corrected chi connectivity index (χ1v) is 11.4. The Morgan fingerprint density at radius 2 is 1.07 bits per heavy atom. The van der Waals surface area contributed by atoms with Crippen molar-refractivity contribution in [2.24, 2.45) is 0 Å². The van der Waals surface area contributed by atoms with Crippen molar-refractivity contribution in [2.75, 3.05) is 0 Å². The van der Waals surface area contributed by atoms with E-state index in [0.717, 1.165) is 12.0 Å². The van der Waals surface area contributed by atoms with Crippen LogP contribution in [0.3, 0.4) is 0 Å². The molecule has 0 heterocycles. The van der Waals surface area contributed by atoms with Gasteiger partial charge in [0, 0.05) is 0 Å². The van der Waals surface area contributed by atoms with E-state index in [-0.39, 0.29) is 10.8 Å². The molecule has 1 N–H and O–H groups in total. The molecule has 0 unspecified atom stereocenters. The lowest BCUT2D eigenvalue weighted by molar-refractivity contribution is 0.441. The van der Waals surface area contributed by atoms with E-state index in [2.05, 4.69) is 54.5 Å². The van der Waals surface area contributed by atoms with Crippen molar-refractivity contribution in [2.45, 2.75) is 130 Å². The molecular formula is C26H46O. The molecule has 27 heavy (non-hydrogen) atoms. The van der Waals surface area contributed by atoms with Crippen LogP contribution in [0, 0.1) is 0 Å². The van der Waals surface area contributed by atoms with E-state index in [4.69, 9.17) is 0 Å². The van der Waals surface area contributed by atoms with E-state index in [1.165, 1.54) is 75.3 Å². The number of hydrogen-bond acceptors (Lipinski definition) is 1. The predicted molar refractivity (Wildman–Crippen MR) is 121 cm³/mol. The van der Waals surface area contributed by atoms with Gasteiger partial charge in [-0.25, -0.2) is 0 Å². The van der Waals surface area contributed by atoms with Gasteiger partial charge in [-0.05, 0) is 46.4 Å². The van der Waals surface area contributed by atoms with E-state index in [1.54, 1.807) is 0 Å². The molecule has 0 saturated heterocycles. The Labute approximate surface area is 170 Å². The zero-order valence-electron chi connectivity index (χ0n) is 19.4. The fourth-order valence-electron chi connectivity index (χ4n) is 3.94. The lowest BCUT2D eigenvalue weighted by Crippen LogP contribution is -2.18. The third kappa shape index (κ3) is 8.71. The maximum atomic E-state index is 10.6. The fourth-order valence-corrected chi connectivity index (χ4v) is 3.94. The summed E-state index contributed by atoms with van der Waals surface area (Å²) in [5, 5.41) is 10.6. The van der Waals surface area contributed by atoms with Crippen LogP contribution < -0.4 is 0 Å². The highest BCUT2D eigenvalue weighted by Crippen LogP contribution is 2.37. The molecule has 0 aliphatic carbocycles. The number of phenols is 1. The lowest BCUT2D eigenvalue weighted by Gasteiger charge is -2.28. The smallest absolute Gasteiger partial charge is 0.119 e. The summed E-state index contributed by atoms with van der Waals surface area (Å²) in [7, 11) is 0. The minimum absolute atomic E-state index is 0.0208. The Bertz CT molecular complexity index is 543. The van der Waals surface area contributed by atoms with Crippen LogP contribution in [0.4, 0.5) is 0 Å². The quantitative estimate of drug-likeness (QED) is 0.385. The van der Waals surface area contributed by atoms with Crippen molar-refractivity contribution in [3.63, 3.8) is 0 Å². The Morgan fingerprint density at radius 3 is 1.52 bits per heavy atom. The highest BCUT2D eigenvalue weighted by molar-refractivity contribution is 5.47. The fraction of sp³-hybridized carbons (Fsp3) is 0.769. The van der Waals surface area contributed by atoms with Crippen LogP contribution in [-0.2, 0) is 17.3 Å². The third-order valence-corrected chi connectivity index (χ3v) is 5.64. The minimum atomic E-state index is -0.0208. The summed E-state index contributed by atoms with van der Waals surface area (Å²) in [5.41, 5.74) is 3.88. The van der Waals surface area contributed by atoms with Gasteiger partial charge in [-0.15, -0.1) is 0 Å². The molecule has 0 aromatic heterocycles. The van der Waals surface area contributed by atoms with Crippen molar-refractivity contribution < 1.29 is 5.11 Å². The van der Waals surface area contributed by atoms with Gasteiger partial charge in [-0.1, -0.05) is 112 Å². The van der Waals surface area contributed by atoms with Gasteiger partial charge in [0.15, 0.2) is 0 Å². The molecule has 1 aromatic carbocycles. The normalized spacial score (nSPS) is 12.6. The average molecular weight is 375 g/mol. The van der Waals surface area contributed by atoms with Gasteiger partial charge in [-0.2, -0.15) is 0 Å². The molecule has 0 bridgehead atoms. The minimum Gasteiger partial charge on any atom is -0.508 e. The Balaban J connectivity index is 2.56. The Morgan fingerprint density at radius 1 is 0.630 bits per heavy atom. The molecule has 0 aliphatic rings. The zero-order valence-corrected chi connectivity index (χ0v) is 19.4. The topological polar surface area (TPSA) is 20.2 Å². The Kier molecular flexibility index (Phi) is 9.91. The van der Waals surface area contributed by atoms with Crippen LogP contribution >= 0.6 is 0 Å². The third-order valence-electron chi connectivity index (χ3n) is 5.64. The number of hydrogen-bond donors (Lipinski definition) is 1. The van der Waals surface area contributed by atoms with E-state index in [1.807, 2.05) is 6.07 Å². The van der Waals surface area contributed by atoms with Gasteiger partial charge >= 0.3 is 0 Å². The largest absolute Gasteiger partial charge is 0.508 e. The first-order chi connectivity index (χ1) is 12.6. The van der Waals surface area contributed by atoms with E-state index < -0.39 is 0 Å². The highest BCUT2D eigenvalue weighted by Gasteiger charge is 2.24. The first-order valence-electron chi connectivity index (χ1n) is 11.4. The summed E-state index contributed by atoms with van der Waals surface area (Å²) in [6, 6.07) is 4.32. The highest BCUT2D eigenvalue weighted by atomic mass is 16.3. The monoisotopic (exact) mass is 374 g/mol. The van der Waals surface area contributed by atoms with Crippen LogP contribution in [0.1, 0.15) is 129 Å². The number of phenolic OH excluding ortho intramolecular Hbond substituents is 1. The van der Waals surface area contributed by atoms with E-state index in [0.29, 0.717) is 5.75 Å². The average Bonchev–Trinajstić information content (AvgIpc) is 2.55. The summed E-state index contributed by atoms with van der Waals surface area (Å²) >= 11 is 0. The summed E-state index contributed by atoms with van der Waals surface area (Å²) in [4.78, 5) is 0. The van der Waals surface area contributed by atoms with Gasteiger partial charge in [0.05, 0.1) is 0 Å². The van der Waals surface area contributed by atoms with Crippen LogP contribution in [0.25, 0.3) is 0 Å². The van der Waals surface area contributed by atoms with Crippen LogP contribution in [-0.4, -0.2) is 5.11 Å². The van der Waals surface area contributed by atoms with Crippen molar-refractivity contribution in [1.82, 2.24) is 0 Å². The molecule has 0 amide bonds. The zero-order chi connectivity index (χ0) is 20.5.